The Kier molecular flexibility index (Phi) is 5.15. The molecule has 1 aliphatic heterocycles. The number of aromatic hydroxyl groups is 1. The van der Waals surface area contributed by atoms with E-state index in [1.54, 1.807) is 16.6 Å². The number of nitrogens with zero attached hydrogens (tertiary/aromatic N) is 6. The lowest BCUT2D eigenvalue weighted by Gasteiger charge is -2.26. The van der Waals surface area contributed by atoms with E-state index in [1.807, 2.05) is 12.1 Å². The molecule has 1 aliphatic rings. The third-order valence-electron chi connectivity index (χ3n) is 6.80. The second kappa shape index (κ2) is 8.34. The van der Waals surface area contributed by atoms with Crippen molar-refractivity contribution in [2.45, 2.75) is 26.7 Å². The number of fused-ring (bicyclic) bond motifs is 4. The molecule has 1 saturated heterocycles. The molecular formula is C25H27N7O2. The van der Waals surface area contributed by atoms with Crippen molar-refractivity contribution in [2.24, 2.45) is 0 Å². The SMILES string of the molecule is Cc1cc(CCN2CCOCC2)c(C)c2c1[nH]c1nc3nnc(Cc4ccc(O)cc4)n3nc12. The van der Waals surface area contributed by atoms with Crippen molar-refractivity contribution in [1.82, 2.24) is 34.7 Å². The quantitative estimate of drug-likeness (QED) is 0.418. The maximum absolute atomic E-state index is 9.57. The Balaban J connectivity index is 1.41. The number of benzene rings is 2. The van der Waals surface area contributed by atoms with Crippen molar-refractivity contribution in [1.29, 1.82) is 0 Å². The summed E-state index contributed by atoms with van der Waals surface area (Å²) >= 11 is 0. The number of hydrogen-bond donors (Lipinski definition) is 2. The molecule has 0 radical (unpaired) electrons. The Hall–Kier alpha value is -3.56. The molecule has 6 rings (SSSR count). The molecule has 2 N–H and O–H groups in total. The summed E-state index contributed by atoms with van der Waals surface area (Å²) < 4.78 is 7.22. The van der Waals surface area contributed by atoms with Crippen molar-refractivity contribution in [3.05, 3.63) is 58.4 Å². The van der Waals surface area contributed by atoms with Gasteiger partial charge in [-0.15, -0.1) is 10.2 Å². The second-order valence-electron chi connectivity index (χ2n) is 9.04. The van der Waals surface area contributed by atoms with Gasteiger partial charge in [-0.05, 0) is 54.7 Å². The fraction of sp³-hybridized carbons (Fsp3) is 0.360. The summed E-state index contributed by atoms with van der Waals surface area (Å²) in [6.07, 6.45) is 1.54. The molecule has 2 aromatic carbocycles. The standard InChI is InChI=1S/C25H27N7O2/c1-15-13-18(7-8-31-9-11-34-12-10-31)16(2)21-22(15)26-24-23(21)30-32-20(28-29-25(32)27-24)14-17-3-5-19(33)6-4-17/h3-6,13,33H,7-12,14H2,1-2H3,(H,26,27,29). The van der Waals surface area contributed by atoms with Gasteiger partial charge in [0.25, 0.3) is 5.78 Å². The number of rotatable bonds is 5. The van der Waals surface area contributed by atoms with E-state index >= 15 is 0 Å². The van der Waals surface area contributed by atoms with Gasteiger partial charge in [0.15, 0.2) is 11.5 Å². The molecule has 3 aromatic heterocycles. The Labute approximate surface area is 196 Å². The Morgan fingerprint density at radius 2 is 1.88 bits per heavy atom. The lowest BCUT2D eigenvalue weighted by molar-refractivity contribution is 0.0384. The van der Waals surface area contributed by atoms with Crippen LogP contribution in [0.2, 0.25) is 0 Å². The first-order valence-electron chi connectivity index (χ1n) is 11.7. The van der Waals surface area contributed by atoms with Crippen LogP contribution in [-0.4, -0.2) is 72.6 Å². The zero-order chi connectivity index (χ0) is 23.2. The highest BCUT2D eigenvalue weighted by molar-refractivity contribution is 6.07. The first kappa shape index (κ1) is 21.0. The van der Waals surface area contributed by atoms with Gasteiger partial charge in [0.05, 0.1) is 18.7 Å². The number of morpholine rings is 1. The van der Waals surface area contributed by atoms with Gasteiger partial charge in [-0.2, -0.15) is 14.6 Å². The van der Waals surface area contributed by atoms with Gasteiger partial charge in [-0.25, -0.2) is 0 Å². The Morgan fingerprint density at radius 3 is 2.68 bits per heavy atom. The summed E-state index contributed by atoms with van der Waals surface area (Å²) in [4.78, 5) is 10.7. The van der Waals surface area contributed by atoms with Gasteiger partial charge >= 0.3 is 0 Å². The third kappa shape index (κ3) is 3.66. The van der Waals surface area contributed by atoms with Gasteiger partial charge in [0.1, 0.15) is 11.3 Å². The van der Waals surface area contributed by atoms with E-state index in [0.29, 0.717) is 18.0 Å². The number of aromatic amines is 1. The minimum absolute atomic E-state index is 0.241. The zero-order valence-corrected chi connectivity index (χ0v) is 19.4. The molecule has 0 spiro atoms. The number of aromatic nitrogens is 6. The van der Waals surface area contributed by atoms with Crippen LogP contribution in [0.3, 0.4) is 0 Å². The van der Waals surface area contributed by atoms with Crippen LogP contribution >= 0.6 is 0 Å². The van der Waals surface area contributed by atoms with Gasteiger partial charge in [-0.1, -0.05) is 18.2 Å². The highest BCUT2D eigenvalue weighted by Gasteiger charge is 2.19. The smallest absolute Gasteiger partial charge is 0.273 e. The molecule has 0 aliphatic carbocycles. The monoisotopic (exact) mass is 457 g/mol. The summed E-state index contributed by atoms with van der Waals surface area (Å²) in [6.45, 7) is 8.96. The molecule has 0 bridgehead atoms. The third-order valence-corrected chi connectivity index (χ3v) is 6.80. The van der Waals surface area contributed by atoms with E-state index in [-0.39, 0.29) is 5.75 Å². The van der Waals surface area contributed by atoms with Crippen LogP contribution in [-0.2, 0) is 17.6 Å². The summed E-state index contributed by atoms with van der Waals surface area (Å²) in [5.74, 6) is 1.42. The van der Waals surface area contributed by atoms with E-state index < -0.39 is 0 Å². The number of H-pyrrole nitrogens is 1. The normalized spacial score (nSPS) is 15.1. The topological polar surface area (TPSA) is 104 Å². The molecule has 34 heavy (non-hydrogen) atoms. The minimum atomic E-state index is 0.241. The van der Waals surface area contributed by atoms with E-state index in [4.69, 9.17) is 14.8 Å². The van der Waals surface area contributed by atoms with Crippen LogP contribution in [0.15, 0.2) is 30.3 Å². The fourth-order valence-corrected chi connectivity index (χ4v) is 4.86. The van der Waals surface area contributed by atoms with Gasteiger partial charge in [0, 0.05) is 31.4 Å². The van der Waals surface area contributed by atoms with Gasteiger partial charge in [-0.3, -0.25) is 4.90 Å². The van der Waals surface area contributed by atoms with Gasteiger partial charge < -0.3 is 14.8 Å². The van der Waals surface area contributed by atoms with E-state index in [1.165, 1.54) is 16.7 Å². The minimum Gasteiger partial charge on any atom is -0.508 e. The van der Waals surface area contributed by atoms with Crippen LogP contribution in [0.5, 0.6) is 5.75 Å². The average molecular weight is 458 g/mol. The van der Waals surface area contributed by atoms with Crippen molar-refractivity contribution in [2.75, 3.05) is 32.8 Å². The molecular weight excluding hydrogens is 430 g/mol. The van der Waals surface area contributed by atoms with Crippen molar-refractivity contribution >= 4 is 27.8 Å². The number of hydrogen-bond acceptors (Lipinski definition) is 7. The number of phenolic OH excluding ortho intramolecular Hbond substituents is 1. The molecule has 0 saturated carbocycles. The predicted octanol–water partition coefficient (Wildman–Crippen LogP) is 2.94. The van der Waals surface area contributed by atoms with Crippen LogP contribution < -0.4 is 0 Å². The number of nitrogens with one attached hydrogen (secondary N) is 1. The summed E-state index contributed by atoms with van der Waals surface area (Å²) in [6, 6.07) is 9.39. The highest BCUT2D eigenvalue weighted by Crippen LogP contribution is 2.31. The largest absolute Gasteiger partial charge is 0.508 e. The van der Waals surface area contributed by atoms with E-state index in [9.17, 15) is 5.11 Å². The molecule has 9 nitrogen and oxygen atoms in total. The second-order valence-corrected chi connectivity index (χ2v) is 9.04. The molecule has 1 fully saturated rings. The van der Waals surface area contributed by atoms with Crippen LogP contribution in [0.4, 0.5) is 0 Å². The van der Waals surface area contributed by atoms with Crippen molar-refractivity contribution in [3.63, 3.8) is 0 Å². The molecule has 5 aromatic rings. The number of phenols is 1. The number of ether oxygens (including phenoxy) is 1. The molecule has 0 unspecified atom stereocenters. The molecule has 9 heteroatoms. The molecule has 4 heterocycles. The molecule has 174 valence electrons. The molecule has 0 amide bonds. The highest BCUT2D eigenvalue weighted by atomic mass is 16.5. The van der Waals surface area contributed by atoms with Crippen molar-refractivity contribution < 1.29 is 9.84 Å². The Bertz CT molecular complexity index is 1500. The van der Waals surface area contributed by atoms with Gasteiger partial charge in [0.2, 0.25) is 0 Å². The zero-order valence-electron chi connectivity index (χ0n) is 19.4. The van der Waals surface area contributed by atoms with Crippen LogP contribution in [0.1, 0.15) is 28.1 Å². The van der Waals surface area contributed by atoms with E-state index in [0.717, 1.165) is 66.9 Å². The maximum Gasteiger partial charge on any atom is 0.273 e. The Morgan fingerprint density at radius 1 is 1.09 bits per heavy atom. The van der Waals surface area contributed by atoms with Crippen molar-refractivity contribution in [3.8, 4) is 5.75 Å². The first-order chi connectivity index (χ1) is 16.6. The summed E-state index contributed by atoms with van der Waals surface area (Å²) in [5.41, 5.74) is 7.42. The average Bonchev–Trinajstić information content (AvgIpc) is 3.42. The van der Waals surface area contributed by atoms with Crippen LogP contribution in [0, 0.1) is 13.8 Å². The molecule has 0 atom stereocenters. The number of aryl methyl sites for hydroxylation is 2. The summed E-state index contributed by atoms with van der Waals surface area (Å²) in [7, 11) is 0. The summed E-state index contributed by atoms with van der Waals surface area (Å²) in [5, 5.41) is 24.2. The first-order valence-corrected chi connectivity index (χ1v) is 11.7. The lowest BCUT2D eigenvalue weighted by atomic mass is 9.98. The lowest BCUT2D eigenvalue weighted by Crippen LogP contribution is -2.37. The van der Waals surface area contributed by atoms with E-state index in [2.05, 4.69) is 40.0 Å². The maximum atomic E-state index is 9.57. The van der Waals surface area contributed by atoms with Crippen LogP contribution in [0.25, 0.3) is 27.8 Å². The predicted molar refractivity (Wildman–Crippen MR) is 129 cm³/mol. The fourth-order valence-electron chi connectivity index (χ4n) is 4.86.